The van der Waals surface area contributed by atoms with Crippen LogP contribution in [0.3, 0.4) is 0 Å². The second-order valence-corrected chi connectivity index (χ2v) is 4.11. The zero-order valence-electron chi connectivity index (χ0n) is 8.97. The number of hydrogen-bond acceptors (Lipinski definition) is 6. The molecule has 0 aromatic carbocycles. The Labute approximate surface area is 97.4 Å². The van der Waals surface area contributed by atoms with Gasteiger partial charge in [0.25, 0.3) is 5.91 Å². The number of nitrogens with one attached hydrogen (secondary N) is 1. The second kappa shape index (κ2) is 6.41. The standard InChI is InChI=1S/C9H15N3O3S/c1-15-4-6(13)2-3-11-8(14)7-5-16-9(10)12-7/h5-6,13H,2-4H2,1H3,(H2,10,12)(H,11,14). The third-order valence-corrected chi connectivity index (χ3v) is 2.55. The Morgan fingerprint density at radius 3 is 3.12 bits per heavy atom. The van der Waals surface area contributed by atoms with E-state index in [0.717, 1.165) is 0 Å². The van der Waals surface area contributed by atoms with Crippen molar-refractivity contribution < 1.29 is 14.6 Å². The lowest BCUT2D eigenvalue weighted by atomic mass is 10.2. The number of nitrogens with two attached hydrogens (primary N) is 1. The van der Waals surface area contributed by atoms with Crippen molar-refractivity contribution in [3.8, 4) is 0 Å². The largest absolute Gasteiger partial charge is 0.391 e. The summed E-state index contributed by atoms with van der Waals surface area (Å²) in [6, 6.07) is 0. The summed E-state index contributed by atoms with van der Waals surface area (Å²) in [5, 5.41) is 13.9. The first-order chi connectivity index (χ1) is 7.63. The minimum atomic E-state index is -0.564. The van der Waals surface area contributed by atoms with Crippen molar-refractivity contribution in [1.29, 1.82) is 0 Å². The van der Waals surface area contributed by atoms with Crippen molar-refractivity contribution in [2.24, 2.45) is 0 Å². The fraction of sp³-hybridized carbons (Fsp3) is 0.556. The van der Waals surface area contributed by atoms with Gasteiger partial charge in [0.2, 0.25) is 0 Å². The van der Waals surface area contributed by atoms with Gasteiger partial charge in [-0.3, -0.25) is 4.79 Å². The molecule has 6 nitrogen and oxygen atoms in total. The van der Waals surface area contributed by atoms with Gasteiger partial charge >= 0.3 is 0 Å². The molecule has 0 bridgehead atoms. The number of aliphatic hydroxyl groups excluding tert-OH is 1. The number of amides is 1. The Hall–Kier alpha value is -1.18. The first-order valence-electron chi connectivity index (χ1n) is 4.79. The highest BCUT2D eigenvalue weighted by Crippen LogP contribution is 2.10. The molecule has 1 atom stereocenters. The van der Waals surface area contributed by atoms with Crippen LogP contribution in [0.25, 0.3) is 0 Å². The summed E-state index contributed by atoms with van der Waals surface area (Å²) in [6.07, 6.45) is -0.120. The Kier molecular flexibility index (Phi) is 5.17. The van der Waals surface area contributed by atoms with Gasteiger partial charge < -0.3 is 20.9 Å². The van der Waals surface area contributed by atoms with Crippen LogP contribution < -0.4 is 11.1 Å². The summed E-state index contributed by atoms with van der Waals surface area (Å²) < 4.78 is 4.76. The highest BCUT2D eigenvalue weighted by molar-refractivity contribution is 7.13. The first-order valence-corrected chi connectivity index (χ1v) is 5.67. The third kappa shape index (κ3) is 4.13. The predicted molar refractivity (Wildman–Crippen MR) is 61.4 cm³/mol. The van der Waals surface area contributed by atoms with Gasteiger partial charge in [-0.1, -0.05) is 0 Å². The smallest absolute Gasteiger partial charge is 0.270 e. The van der Waals surface area contributed by atoms with Crippen molar-refractivity contribution in [3.05, 3.63) is 11.1 Å². The zero-order valence-corrected chi connectivity index (χ0v) is 9.79. The Morgan fingerprint density at radius 2 is 2.56 bits per heavy atom. The van der Waals surface area contributed by atoms with Crippen LogP contribution in [-0.4, -0.2) is 42.4 Å². The van der Waals surface area contributed by atoms with Gasteiger partial charge in [-0.2, -0.15) is 0 Å². The number of rotatable bonds is 6. The zero-order chi connectivity index (χ0) is 12.0. The van der Waals surface area contributed by atoms with E-state index in [0.29, 0.717) is 23.8 Å². The molecular weight excluding hydrogens is 230 g/mol. The van der Waals surface area contributed by atoms with Gasteiger partial charge in [-0.25, -0.2) is 4.98 Å². The average Bonchev–Trinajstić information content (AvgIpc) is 2.65. The molecular formula is C9H15N3O3S. The normalized spacial score (nSPS) is 12.4. The lowest BCUT2D eigenvalue weighted by molar-refractivity contribution is 0.0587. The van der Waals surface area contributed by atoms with E-state index in [1.807, 2.05) is 0 Å². The maximum atomic E-state index is 11.5. The quantitative estimate of drug-likeness (QED) is 0.647. The molecule has 16 heavy (non-hydrogen) atoms. The molecule has 0 radical (unpaired) electrons. The summed E-state index contributed by atoms with van der Waals surface area (Å²) in [5.74, 6) is -0.280. The lowest BCUT2D eigenvalue weighted by Crippen LogP contribution is -2.28. The van der Waals surface area contributed by atoms with E-state index in [2.05, 4.69) is 10.3 Å². The number of anilines is 1. The van der Waals surface area contributed by atoms with E-state index in [9.17, 15) is 9.90 Å². The van der Waals surface area contributed by atoms with Crippen molar-refractivity contribution in [3.63, 3.8) is 0 Å². The fourth-order valence-corrected chi connectivity index (χ4v) is 1.65. The molecule has 0 aliphatic carbocycles. The summed E-state index contributed by atoms with van der Waals surface area (Å²) in [7, 11) is 1.51. The molecule has 1 heterocycles. The minimum Gasteiger partial charge on any atom is -0.391 e. The van der Waals surface area contributed by atoms with Gasteiger partial charge in [0.1, 0.15) is 5.69 Å². The fourth-order valence-electron chi connectivity index (χ4n) is 1.11. The van der Waals surface area contributed by atoms with Crippen LogP contribution in [0.1, 0.15) is 16.9 Å². The number of aromatic nitrogens is 1. The predicted octanol–water partition coefficient (Wildman–Crippen LogP) is -0.148. The van der Waals surface area contributed by atoms with Crippen LogP contribution in [0.15, 0.2) is 5.38 Å². The Balaban J connectivity index is 2.25. The van der Waals surface area contributed by atoms with Gasteiger partial charge in [0, 0.05) is 19.0 Å². The number of thiazole rings is 1. The van der Waals surface area contributed by atoms with Crippen LogP contribution in [0.5, 0.6) is 0 Å². The number of carbonyl (C=O) groups excluding carboxylic acids is 1. The van der Waals surface area contributed by atoms with E-state index in [1.165, 1.54) is 18.4 Å². The van der Waals surface area contributed by atoms with Crippen LogP contribution in [-0.2, 0) is 4.74 Å². The molecule has 0 saturated heterocycles. The summed E-state index contributed by atoms with van der Waals surface area (Å²) in [6.45, 7) is 0.639. The molecule has 0 saturated carbocycles. The number of nitrogen functional groups attached to an aromatic ring is 1. The Bertz CT molecular complexity index is 342. The first kappa shape index (κ1) is 12.9. The summed E-state index contributed by atoms with van der Waals surface area (Å²) in [5.41, 5.74) is 5.71. The topological polar surface area (TPSA) is 97.5 Å². The molecule has 1 unspecified atom stereocenters. The van der Waals surface area contributed by atoms with Crippen molar-refractivity contribution in [1.82, 2.24) is 10.3 Å². The second-order valence-electron chi connectivity index (χ2n) is 3.22. The highest BCUT2D eigenvalue weighted by Gasteiger charge is 2.10. The minimum absolute atomic E-state index is 0.263. The van der Waals surface area contributed by atoms with Crippen molar-refractivity contribution >= 4 is 22.4 Å². The number of aliphatic hydroxyl groups is 1. The molecule has 1 rings (SSSR count). The highest BCUT2D eigenvalue weighted by atomic mass is 32.1. The van der Waals surface area contributed by atoms with Gasteiger partial charge in [0.05, 0.1) is 12.7 Å². The summed E-state index contributed by atoms with van der Waals surface area (Å²) in [4.78, 5) is 15.3. The molecule has 1 amide bonds. The monoisotopic (exact) mass is 245 g/mol. The number of nitrogens with zero attached hydrogens (tertiary/aromatic N) is 1. The number of methoxy groups -OCH3 is 1. The lowest BCUT2D eigenvalue weighted by Gasteiger charge is -2.09. The third-order valence-electron chi connectivity index (χ3n) is 1.88. The maximum absolute atomic E-state index is 11.5. The van der Waals surface area contributed by atoms with Crippen LogP contribution >= 0.6 is 11.3 Å². The van der Waals surface area contributed by atoms with Crippen LogP contribution in [0.2, 0.25) is 0 Å². The van der Waals surface area contributed by atoms with Gasteiger partial charge in [0.15, 0.2) is 5.13 Å². The van der Waals surface area contributed by atoms with Crippen molar-refractivity contribution in [2.45, 2.75) is 12.5 Å². The molecule has 4 N–H and O–H groups in total. The molecule has 0 fully saturated rings. The van der Waals surface area contributed by atoms with Gasteiger partial charge in [-0.15, -0.1) is 11.3 Å². The average molecular weight is 245 g/mol. The Morgan fingerprint density at radius 1 is 1.81 bits per heavy atom. The van der Waals surface area contributed by atoms with E-state index >= 15 is 0 Å². The molecule has 0 spiro atoms. The molecule has 90 valence electrons. The molecule has 1 aromatic heterocycles. The SMILES string of the molecule is COCC(O)CCNC(=O)c1csc(N)n1. The van der Waals surface area contributed by atoms with Crippen molar-refractivity contribution in [2.75, 3.05) is 26.0 Å². The maximum Gasteiger partial charge on any atom is 0.270 e. The number of ether oxygens (including phenoxy) is 1. The van der Waals surface area contributed by atoms with E-state index in [-0.39, 0.29) is 12.5 Å². The number of hydrogen-bond donors (Lipinski definition) is 3. The molecule has 0 aliphatic rings. The number of carbonyl (C=O) groups is 1. The molecule has 7 heteroatoms. The van der Waals surface area contributed by atoms with E-state index in [1.54, 1.807) is 5.38 Å². The van der Waals surface area contributed by atoms with Crippen LogP contribution in [0, 0.1) is 0 Å². The van der Waals surface area contributed by atoms with Crippen LogP contribution in [0.4, 0.5) is 5.13 Å². The van der Waals surface area contributed by atoms with E-state index in [4.69, 9.17) is 10.5 Å². The van der Waals surface area contributed by atoms with E-state index < -0.39 is 6.10 Å². The molecule has 0 aliphatic heterocycles. The molecule has 1 aromatic rings. The van der Waals surface area contributed by atoms with Gasteiger partial charge in [-0.05, 0) is 6.42 Å². The summed E-state index contributed by atoms with van der Waals surface area (Å²) >= 11 is 1.22.